The van der Waals surface area contributed by atoms with Crippen molar-refractivity contribution in [3.05, 3.63) is 54.1 Å². The highest BCUT2D eigenvalue weighted by Gasteiger charge is 2.16. The van der Waals surface area contributed by atoms with Crippen LogP contribution in [0.2, 0.25) is 0 Å². The summed E-state index contributed by atoms with van der Waals surface area (Å²) in [6.07, 6.45) is 0.759. The second-order valence-corrected chi connectivity index (χ2v) is 4.67. The highest BCUT2D eigenvalue weighted by Crippen LogP contribution is 2.26. The number of benzene rings is 2. The van der Waals surface area contributed by atoms with Gasteiger partial charge >= 0.3 is 0 Å². The minimum atomic E-state index is -0.214. The molecule has 0 radical (unpaired) electrons. The summed E-state index contributed by atoms with van der Waals surface area (Å²) in [4.78, 5) is 0. The largest absolute Gasteiger partial charge is 0.399 e. The van der Waals surface area contributed by atoms with Crippen molar-refractivity contribution < 1.29 is 9.47 Å². The molecular weight excluding hydrogens is 238 g/mol. The zero-order valence-corrected chi connectivity index (χ0v) is 10.7. The second-order valence-electron chi connectivity index (χ2n) is 4.67. The van der Waals surface area contributed by atoms with Crippen LogP contribution < -0.4 is 5.73 Å². The molecule has 0 atom stereocenters. The van der Waals surface area contributed by atoms with Crippen LogP contribution in [-0.4, -0.2) is 13.2 Å². The molecule has 1 aliphatic rings. The van der Waals surface area contributed by atoms with E-state index in [9.17, 15) is 0 Å². The van der Waals surface area contributed by atoms with Crippen LogP contribution in [0.15, 0.2) is 48.5 Å². The lowest BCUT2D eigenvalue weighted by molar-refractivity contribution is -0.183. The third kappa shape index (κ3) is 2.78. The predicted octanol–water partition coefficient (Wildman–Crippen LogP) is 3.37. The number of rotatable bonds is 2. The van der Waals surface area contributed by atoms with Gasteiger partial charge in [-0.1, -0.05) is 36.4 Å². The number of ether oxygens (including phenoxy) is 2. The van der Waals surface area contributed by atoms with Gasteiger partial charge in [0.1, 0.15) is 0 Å². The quantitative estimate of drug-likeness (QED) is 0.837. The van der Waals surface area contributed by atoms with Gasteiger partial charge in [0.05, 0.1) is 13.2 Å². The first-order valence-corrected chi connectivity index (χ1v) is 6.52. The summed E-state index contributed by atoms with van der Waals surface area (Å²) in [6, 6.07) is 16.2. The Morgan fingerprint density at radius 1 is 0.789 bits per heavy atom. The Labute approximate surface area is 113 Å². The van der Waals surface area contributed by atoms with Gasteiger partial charge in [-0.25, -0.2) is 0 Å². The molecule has 19 heavy (non-hydrogen) atoms. The monoisotopic (exact) mass is 255 g/mol. The number of hydrogen-bond acceptors (Lipinski definition) is 3. The smallest absolute Gasteiger partial charge is 0.183 e. The molecule has 0 unspecified atom stereocenters. The van der Waals surface area contributed by atoms with Gasteiger partial charge in [-0.05, 0) is 29.7 Å². The average molecular weight is 255 g/mol. The summed E-state index contributed by atoms with van der Waals surface area (Å²) >= 11 is 0. The van der Waals surface area contributed by atoms with E-state index < -0.39 is 0 Å². The molecule has 0 aromatic heterocycles. The van der Waals surface area contributed by atoms with Gasteiger partial charge < -0.3 is 15.2 Å². The first-order valence-electron chi connectivity index (χ1n) is 6.52. The van der Waals surface area contributed by atoms with E-state index in [1.165, 1.54) is 5.56 Å². The maximum absolute atomic E-state index is 5.69. The Morgan fingerprint density at radius 3 is 1.89 bits per heavy atom. The van der Waals surface area contributed by atoms with E-state index in [1.54, 1.807) is 0 Å². The van der Waals surface area contributed by atoms with Gasteiger partial charge in [0.15, 0.2) is 6.29 Å². The molecule has 1 fully saturated rings. The van der Waals surface area contributed by atoms with Crippen LogP contribution in [0.1, 0.15) is 18.3 Å². The van der Waals surface area contributed by atoms with Crippen LogP contribution in [0, 0.1) is 0 Å². The fourth-order valence-electron chi connectivity index (χ4n) is 2.19. The maximum atomic E-state index is 5.69. The fourth-order valence-corrected chi connectivity index (χ4v) is 2.19. The number of hydrogen-bond donors (Lipinski definition) is 1. The summed E-state index contributed by atoms with van der Waals surface area (Å²) in [5.41, 5.74) is 9.87. The highest BCUT2D eigenvalue weighted by molar-refractivity contribution is 5.65. The molecule has 0 bridgehead atoms. The molecule has 3 heteroatoms. The van der Waals surface area contributed by atoms with Crippen molar-refractivity contribution in [3.63, 3.8) is 0 Å². The van der Waals surface area contributed by atoms with Gasteiger partial charge in [0, 0.05) is 11.3 Å². The van der Waals surface area contributed by atoms with E-state index in [0.29, 0.717) is 0 Å². The summed E-state index contributed by atoms with van der Waals surface area (Å²) in [7, 11) is 0. The summed E-state index contributed by atoms with van der Waals surface area (Å²) < 4.78 is 11.2. The highest BCUT2D eigenvalue weighted by atomic mass is 16.7. The van der Waals surface area contributed by atoms with Crippen molar-refractivity contribution in [1.29, 1.82) is 0 Å². The molecule has 0 spiro atoms. The Hall–Kier alpha value is -1.84. The number of anilines is 1. The zero-order valence-electron chi connectivity index (χ0n) is 10.7. The van der Waals surface area contributed by atoms with Gasteiger partial charge in [-0.15, -0.1) is 0 Å². The third-order valence-electron chi connectivity index (χ3n) is 3.25. The molecule has 0 saturated carbocycles. The van der Waals surface area contributed by atoms with E-state index in [-0.39, 0.29) is 6.29 Å². The van der Waals surface area contributed by atoms with Crippen molar-refractivity contribution >= 4 is 5.69 Å². The lowest BCUT2D eigenvalue weighted by Crippen LogP contribution is -2.17. The Morgan fingerprint density at radius 2 is 1.32 bits per heavy atom. The first-order chi connectivity index (χ1) is 9.33. The molecule has 1 heterocycles. The van der Waals surface area contributed by atoms with Crippen LogP contribution in [-0.2, 0) is 9.47 Å². The molecule has 1 aliphatic heterocycles. The van der Waals surface area contributed by atoms with Gasteiger partial charge in [0.25, 0.3) is 0 Å². The minimum absolute atomic E-state index is 0.214. The summed E-state index contributed by atoms with van der Waals surface area (Å²) in [6.45, 7) is 1.54. The normalized spacial score (nSPS) is 16.4. The molecular formula is C16H17NO2. The Bertz CT molecular complexity index is 528. The zero-order chi connectivity index (χ0) is 13.1. The van der Waals surface area contributed by atoms with Crippen molar-refractivity contribution in [2.75, 3.05) is 18.9 Å². The van der Waals surface area contributed by atoms with Crippen molar-refractivity contribution in [2.45, 2.75) is 12.7 Å². The van der Waals surface area contributed by atoms with Crippen molar-refractivity contribution in [2.24, 2.45) is 0 Å². The van der Waals surface area contributed by atoms with Crippen LogP contribution in [0.3, 0.4) is 0 Å². The maximum Gasteiger partial charge on any atom is 0.183 e. The van der Waals surface area contributed by atoms with E-state index in [0.717, 1.165) is 36.4 Å². The lowest BCUT2D eigenvalue weighted by Gasteiger charge is -2.23. The van der Waals surface area contributed by atoms with E-state index in [2.05, 4.69) is 24.3 Å². The van der Waals surface area contributed by atoms with Crippen LogP contribution in [0.4, 0.5) is 5.69 Å². The minimum Gasteiger partial charge on any atom is -0.399 e. The predicted molar refractivity (Wildman–Crippen MR) is 75.6 cm³/mol. The van der Waals surface area contributed by atoms with Gasteiger partial charge in [-0.2, -0.15) is 0 Å². The fraction of sp³-hybridized carbons (Fsp3) is 0.250. The first kappa shape index (κ1) is 12.2. The van der Waals surface area contributed by atoms with Crippen molar-refractivity contribution in [3.8, 4) is 11.1 Å². The molecule has 3 nitrogen and oxygen atoms in total. The molecule has 2 N–H and O–H groups in total. The molecule has 2 aromatic carbocycles. The van der Waals surface area contributed by atoms with E-state index in [4.69, 9.17) is 15.2 Å². The summed E-state index contributed by atoms with van der Waals surface area (Å²) in [5, 5.41) is 0. The SMILES string of the molecule is Nc1ccc(-c2ccc(C3OCCCO3)cc2)cc1. The molecule has 2 aromatic rings. The standard InChI is InChI=1S/C16H17NO2/c17-15-8-6-13(7-9-15)12-2-4-14(5-3-12)16-18-10-1-11-19-16/h2-9,16H,1,10-11,17H2. The van der Waals surface area contributed by atoms with Crippen LogP contribution >= 0.6 is 0 Å². The Balaban J connectivity index is 1.80. The second kappa shape index (κ2) is 5.43. The average Bonchev–Trinajstić information content (AvgIpc) is 2.49. The van der Waals surface area contributed by atoms with Gasteiger partial charge in [-0.3, -0.25) is 0 Å². The van der Waals surface area contributed by atoms with E-state index in [1.807, 2.05) is 24.3 Å². The Kier molecular flexibility index (Phi) is 3.49. The lowest BCUT2D eigenvalue weighted by atomic mass is 10.0. The molecule has 98 valence electrons. The summed E-state index contributed by atoms with van der Waals surface area (Å²) in [5.74, 6) is 0. The molecule has 3 rings (SSSR count). The molecule has 1 saturated heterocycles. The molecule has 0 amide bonds. The van der Waals surface area contributed by atoms with Gasteiger partial charge in [0.2, 0.25) is 0 Å². The molecule has 0 aliphatic carbocycles. The van der Waals surface area contributed by atoms with E-state index >= 15 is 0 Å². The van der Waals surface area contributed by atoms with Crippen LogP contribution in [0.5, 0.6) is 0 Å². The van der Waals surface area contributed by atoms with Crippen LogP contribution in [0.25, 0.3) is 11.1 Å². The topological polar surface area (TPSA) is 44.5 Å². The number of nitrogens with two attached hydrogens (primary N) is 1. The third-order valence-corrected chi connectivity index (χ3v) is 3.25. The van der Waals surface area contributed by atoms with Crippen molar-refractivity contribution in [1.82, 2.24) is 0 Å². The number of nitrogen functional groups attached to an aromatic ring is 1.